The van der Waals surface area contributed by atoms with Crippen molar-refractivity contribution >= 4 is 65.0 Å². The van der Waals surface area contributed by atoms with Crippen molar-refractivity contribution in [3.05, 3.63) is 89.8 Å². The summed E-state index contributed by atoms with van der Waals surface area (Å²) in [7, 11) is 0. The van der Waals surface area contributed by atoms with E-state index in [1.165, 1.54) is 30.3 Å². The highest BCUT2D eigenvalue weighted by Crippen LogP contribution is 2.32. The molecule has 5 unspecified atom stereocenters. The number of rotatable bonds is 24. The van der Waals surface area contributed by atoms with Crippen LogP contribution in [0.4, 0.5) is 16.2 Å². The fourth-order valence-corrected chi connectivity index (χ4v) is 7.61. The summed E-state index contributed by atoms with van der Waals surface area (Å²) in [6.07, 6.45) is -1.01. The van der Waals surface area contributed by atoms with Gasteiger partial charge < -0.3 is 71.6 Å². The van der Waals surface area contributed by atoms with E-state index < -0.39 is 85.3 Å². The van der Waals surface area contributed by atoms with E-state index in [1.54, 1.807) is 47.6 Å². The lowest BCUT2D eigenvalue weighted by Gasteiger charge is -2.38. The Morgan fingerprint density at radius 1 is 0.847 bits per heavy atom. The number of carbonyl (C=O) groups is 8. The summed E-state index contributed by atoms with van der Waals surface area (Å²) in [6.45, 7) is 0.710. The van der Waals surface area contributed by atoms with Crippen LogP contribution in [0.2, 0.25) is 0 Å². The second-order valence-electron chi connectivity index (χ2n) is 16.9. The van der Waals surface area contributed by atoms with Crippen LogP contribution in [0.15, 0.2) is 73.1 Å². The fraction of sp³-hybridized carbons (Fsp3) is 0.438. The minimum Gasteiger partial charge on any atom is -0.481 e. The van der Waals surface area contributed by atoms with E-state index in [0.717, 1.165) is 37.7 Å². The van der Waals surface area contributed by atoms with Gasteiger partial charge in [-0.25, -0.2) is 9.59 Å². The molecule has 2 aliphatic heterocycles. The zero-order valence-corrected chi connectivity index (χ0v) is 39.1. The van der Waals surface area contributed by atoms with Crippen molar-refractivity contribution in [1.29, 1.82) is 0 Å². The van der Waals surface area contributed by atoms with Crippen molar-refractivity contribution in [2.45, 2.75) is 94.7 Å². The number of carboxylic acid groups (broad SMARTS) is 2. The molecule has 5 rings (SSSR count). The number of hydrogen-bond donors (Lipinski definition) is 11. The summed E-state index contributed by atoms with van der Waals surface area (Å²) < 4.78 is 16.4. The molecule has 0 bridgehead atoms. The van der Waals surface area contributed by atoms with Gasteiger partial charge in [-0.2, -0.15) is 0 Å². The third kappa shape index (κ3) is 17.4. The molecule has 72 heavy (non-hydrogen) atoms. The number of hydrogen-bond acceptors (Lipinski definition) is 16. The van der Waals surface area contributed by atoms with E-state index in [9.17, 15) is 58.8 Å². The van der Waals surface area contributed by atoms with Crippen molar-refractivity contribution in [2.75, 3.05) is 43.4 Å². The Hall–Kier alpha value is -7.51. The molecule has 2 aromatic carbocycles. The first kappa shape index (κ1) is 55.4. The number of aromatic nitrogens is 1. The van der Waals surface area contributed by atoms with Crippen LogP contribution < -0.4 is 37.1 Å². The Labute approximate surface area is 413 Å². The first-order valence-corrected chi connectivity index (χ1v) is 23.2. The smallest absolute Gasteiger partial charge is 0.411 e. The molecule has 2 saturated heterocycles. The number of nitrogens with one attached hydrogen (secondary N) is 5. The summed E-state index contributed by atoms with van der Waals surface area (Å²) >= 11 is 0. The fourth-order valence-electron chi connectivity index (χ4n) is 7.61. The molecular formula is C48H60N8O16. The number of nitrogens with two attached hydrogens (primary N) is 1. The lowest BCUT2D eigenvalue weighted by Crippen LogP contribution is -2.61. The predicted molar refractivity (Wildman–Crippen MR) is 255 cm³/mol. The minimum atomic E-state index is -2.01. The molecule has 12 N–H and O–H groups in total. The van der Waals surface area contributed by atoms with Gasteiger partial charge in [0.15, 0.2) is 6.10 Å². The molecule has 24 nitrogen and oxygen atoms in total. The van der Waals surface area contributed by atoms with Crippen LogP contribution in [-0.2, 0) is 44.8 Å². The second-order valence-corrected chi connectivity index (χ2v) is 16.9. The van der Waals surface area contributed by atoms with Crippen LogP contribution in [0.25, 0.3) is 6.08 Å². The highest BCUT2D eigenvalue weighted by molar-refractivity contribution is 5.97. The van der Waals surface area contributed by atoms with Gasteiger partial charge in [0, 0.05) is 75.3 Å². The van der Waals surface area contributed by atoms with Gasteiger partial charge in [-0.1, -0.05) is 31.0 Å². The van der Waals surface area contributed by atoms with Crippen LogP contribution >= 0.6 is 0 Å². The van der Waals surface area contributed by atoms with Crippen molar-refractivity contribution < 1.29 is 78.1 Å². The molecule has 0 radical (unpaired) electrons. The number of aliphatic hydroxyl groups excluding tert-OH is 3. The molecule has 388 valence electrons. The van der Waals surface area contributed by atoms with Gasteiger partial charge in [0.1, 0.15) is 36.7 Å². The number of anilines is 2. The average Bonchev–Trinajstić information content (AvgIpc) is 3.36. The summed E-state index contributed by atoms with van der Waals surface area (Å²) in [5.74, 6) is -5.21. The molecule has 2 fully saturated rings. The van der Waals surface area contributed by atoms with Gasteiger partial charge in [0.05, 0.1) is 12.1 Å². The molecule has 1 aromatic heterocycles. The number of ether oxygens (including phenoxy) is 3. The van der Waals surface area contributed by atoms with Crippen molar-refractivity contribution in [2.24, 2.45) is 11.7 Å². The zero-order chi connectivity index (χ0) is 52.2. The molecule has 0 aliphatic carbocycles. The van der Waals surface area contributed by atoms with E-state index in [1.807, 2.05) is 6.07 Å². The SMILES string of the molecule is NCC(NC(=O)CCC(=O)O)C(=O)NCCC(=O)Nc1cc(COC(=O)Nc2cccc(C(=O)N3CCC(CCCCNC(=O)/C=C/c4cccnc4)CC3)c2)ccc1OC1OC(C(=O)O)C(O)C(O)[C@@H]1O. The summed E-state index contributed by atoms with van der Waals surface area (Å²) in [6, 6.07) is 12.8. The first-order valence-electron chi connectivity index (χ1n) is 23.2. The van der Waals surface area contributed by atoms with E-state index in [0.29, 0.717) is 31.1 Å². The monoisotopic (exact) mass is 1000 g/mol. The van der Waals surface area contributed by atoms with Gasteiger partial charge in [-0.3, -0.25) is 39.1 Å². The summed E-state index contributed by atoms with van der Waals surface area (Å²) in [5.41, 5.74) is 7.23. The van der Waals surface area contributed by atoms with E-state index in [-0.39, 0.29) is 60.6 Å². The molecule has 3 aromatic rings. The lowest BCUT2D eigenvalue weighted by atomic mass is 9.91. The highest BCUT2D eigenvalue weighted by atomic mass is 16.7. The number of carboxylic acids is 2. The van der Waals surface area contributed by atoms with Crippen LogP contribution in [0.3, 0.4) is 0 Å². The molecule has 0 saturated carbocycles. The Bertz CT molecular complexity index is 2400. The number of pyridine rings is 1. The number of aliphatic carboxylic acids is 2. The number of nitrogens with zero attached hydrogens (tertiary/aromatic N) is 2. The maximum atomic E-state index is 13.5. The summed E-state index contributed by atoms with van der Waals surface area (Å²) in [4.78, 5) is 105. The van der Waals surface area contributed by atoms with Gasteiger partial charge in [0.2, 0.25) is 29.9 Å². The van der Waals surface area contributed by atoms with Crippen molar-refractivity contribution in [3.8, 4) is 5.75 Å². The van der Waals surface area contributed by atoms with Crippen LogP contribution in [-0.4, -0.2) is 152 Å². The molecule has 0 spiro atoms. The highest BCUT2D eigenvalue weighted by Gasteiger charge is 2.48. The topological polar surface area (TPSA) is 368 Å². The van der Waals surface area contributed by atoms with Crippen LogP contribution in [0.1, 0.15) is 72.9 Å². The minimum absolute atomic E-state index is 0.121. The second kappa shape index (κ2) is 27.8. The third-order valence-electron chi connectivity index (χ3n) is 11.6. The molecule has 24 heteroatoms. The number of piperidine rings is 1. The number of carbonyl (C=O) groups excluding carboxylic acids is 6. The summed E-state index contributed by atoms with van der Waals surface area (Å²) in [5, 5.41) is 62.1. The molecule has 6 atom stereocenters. The zero-order valence-electron chi connectivity index (χ0n) is 39.1. The van der Waals surface area contributed by atoms with Gasteiger partial charge in [-0.15, -0.1) is 0 Å². The molecule has 2 aliphatic rings. The van der Waals surface area contributed by atoms with E-state index >= 15 is 0 Å². The van der Waals surface area contributed by atoms with Gasteiger partial charge >= 0.3 is 18.0 Å². The number of likely N-dealkylation sites (tertiary alicyclic amines) is 1. The maximum Gasteiger partial charge on any atom is 0.411 e. The van der Waals surface area contributed by atoms with E-state index in [2.05, 4.69) is 31.6 Å². The standard InChI is InChI=1S/C48H60N8O16/c49-25-34(55-37(58)13-14-39(60)61)44(65)52-20-15-38(59)54-33-23-30(9-11-35(33)71-47-42(64)40(62)41(63)43(72-47)46(67)68)27-70-48(69)53-32-8-3-7-31(24-32)45(66)56-21-16-28(17-22-56)5-1-2-19-51-36(57)12-10-29-6-4-18-50-26-29/h3-4,6-12,18,23-24,26,28,34,40-43,47,62-64H,1-2,5,13-17,19-22,25,27,49H2,(H,51,57)(H,52,65)(H,53,69)(H,54,59)(H,55,58)(H,60,61)(H,67,68)/b12-10+/t34?,40?,41?,42-,43?,47?/m0/s1. The molecule has 6 amide bonds. The molecular weight excluding hydrogens is 945 g/mol. The van der Waals surface area contributed by atoms with Crippen molar-refractivity contribution in [3.63, 3.8) is 0 Å². The maximum absolute atomic E-state index is 13.5. The first-order chi connectivity index (χ1) is 34.5. The quantitative estimate of drug-likeness (QED) is 0.0435. The Morgan fingerprint density at radius 2 is 1.62 bits per heavy atom. The lowest BCUT2D eigenvalue weighted by molar-refractivity contribution is -0.271. The van der Waals surface area contributed by atoms with E-state index in [4.69, 9.17) is 25.1 Å². The Kier molecular flexibility index (Phi) is 21.4. The largest absolute Gasteiger partial charge is 0.481 e. The normalized spacial score (nSPS) is 19.3. The number of amides is 6. The van der Waals surface area contributed by atoms with Crippen LogP contribution in [0, 0.1) is 5.92 Å². The van der Waals surface area contributed by atoms with Crippen LogP contribution in [0.5, 0.6) is 5.75 Å². The van der Waals surface area contributed by atoms with Gasteiger partial charge in [0.25, 0.3) is 5.91 Å². The Balaban J connectivity index is 1.12. The predicted octanol–water partition coefficient (Wildman–Crippen LogP) is 0.707. The molecule has 3 heterocycles. The third-order valence-corrected chi connectivity index (χ3v) is 11.6. The van der Waals surface area contributed by atoms with Gasteiger partial charge in [-0.05, 0) is 78.8 Å². The number of aliphatic hydroxyl groups is 3. The Morgan fingerprint density at radius 3 is 2.33 bits per heavy atom. The number of benzene rings is 2. The number of unbranched alkanes of at least 4 members (excludes halogenated alkanes) is 1. The average molecular weight is 1010 g/mol. The van der Waals surface area contributed by atoms with Crippen molar-refractivity contribution in [1.82, 2.24) is 25.8 Å².